The van der Waals surface area contributed by atoms with E-state index in [1.807, 2.05) is 48.7 Å². The number of hydrogen-bond acceptors (Lipinski definition) is 4. The van der Waals surface area contributed by atoms with Crippen molar-refractivity contribution >= 4 is 22.2 Å². The molecule has 0 saturated carbocycles. The maximum absolute atomic E-state index is 12.8. The van der Waals surface area contributed by atoms with Crippen LogP contribution in [0.25, 0.3) is 33.3 Å². The third-order valence-corrected chi connectivity index (χ3v) is 4.85. The van der Waals surface area contributed by atoms with Crippen molar-refractivity contribution in [3.05, 3.63) is 74.8 Å². The monoisotopic (exact) mass is 343 g/mol. The molecule has 2 aromatic heterocycles. The van der Waals surface area contributed by atoms with Crippen molar-refractivity contribution in [2.75, 3.05) is 0 Å². The second-order valence-corrected chi connectivity index (χ2v) is 6.76. The van der Waals surface area contributed by atoms with E-state index in [1.54, 1.807) is 12.1 Å². The Labute approximate surface area is 148 Å². The van der Waals surface area contributed by atoms with Crippen molar-refractivity contribution in [2.45, 2.75) is 6.92 Å². The van der Waals surface area contributed by atoms with Crippen molar-refractivity contribution in [1.82, 2.24) is 9.97 Å². The lowest BCUT2D eigenvalue weighted by Gasteiger charge is -2.12. The lowest BCUT2D eigenvalue weighted by Crippen LogP contribution is -2.11. The molecule has 0 aliphatic heterocycles. The number of nitrogens with one attached hydrogen (secondary N) is 1. The summed E-state index contributed by atoms with van der Waals surface area (Å²) in [5.74, 6) is 0. The fourth-order valence-electron chi connectivity index (χ4n) is 2.99. The number of hydrogen-bond donors (Lipinski definition) is 1. The topological polar surface area (TPSA) is 69.5 Å². The minimum Gasteiger partial charge on any atom is -0.321 e. The van der Waals surface area contributed by atoms with E-state index in [9.17, 15) is 10.1 Å². The van der Waals surface area contributed by atoms with Crippen molar-refractivity contribution < 1.29 is 0 Å². The molecule has 0 unspecified atom stereocenters. The maximum atomic E-state index is 12.8. The molecular formula is C20H13N3OS. The molecule has 0 amide bonds. The molecule has 5 heteroatoms. The van der Waals surface area contributed by atoms with Crippen LogP contribution in [0.4, 0.5) is 0 Å². The summed E-state index contributed by atoms with van der Waals surface area (Å²) in [7, 11) is 0. The standard InChI is InChI=1S/C20H13N3OS/c1-12-22-17(11-25-12)19-18(14-5-3-2-4-6-14)15-9-13(10-21)7-8-16(15)23-20(19)24/h2-9,11H,1H3,(H,23,24). The van der Waals surface area contributed by atoms with Crippen LogP contribution in [0, 0.1) is 18.3 Å². The van der Waals surface area contributed by atoms with Gasteiger partial charge in [0.1, 0.15) is 0 Å². The molecule has 120 valence electrons. The van der Waals surface area contributed by atoms with Crippen molar-refractivity contribution in [3.8, 4) is 28.5 Å². The number of nitriles is 1. The van der Waals surface area contributed by atoms with Crippen LogP contribution >= 0.6 is 11.3 Å². The zero-order valence-electron chi connectivity index (χ0n) is 13.4. The molecule has 0 aliphatic rings. The van der Waals surface area contributed by atoms with E-state index in [0.717, 1.165) is 21.5 Å². The molecule has 4 nitrogen and oxygen atoms in total. The molecule has 2 heterocycles. The molecular weight excluding hydrogens is 330 g/mol. The summed E-state index contributed by atoms with van der Waals surface area (Å²) in [6.45, 7) is 1.92. The Morgan fingerprint density at radius 1 is 1.12 bits per heavy atom. The van der Waals surface area contributed by atoms with Crippen LogP contribution in [0.5, 0.6) is 0 Å². The predicted molar refractivity (Wildman–Crippen MR) is 101 cm³/mol. The number of benzene rings is 2. The molecule has 0 spiro atoms. The van der Waals surface area contributed by atoms with E-state index in [0.29, 0.717) is 22.3 Å². The number of pyridine rings is 1. The van der Waals surface area contributed by atoms with Gasteiger partial charge in [0.25, 0.3) is 5.56 Å². The zero-order chi connectivity index (χ0) is 17.4. The van der Waals surface area contributed by atoms with E-state index in [-0.39, 0.29) is 5.56 Å². The normalized spacial score (nSPS) is 10.7. The highest BCUT2D eigenvalue weighted by Crippen LogP contribution is 2.35. The summed E-state index contributed by atoms with van der Waals surface area (Å²) < 4.78 is 0. The highest BCUT2D eigenvalue weighted by Gasteiger charge is 2.18. The zero-order valence-corrected chi connectivity index (χ0v) is 14.2. The molecule has 0 saturated heterocycles. The van der Waals surface area contributed by atoms with Gasteiger partial charge in [-0.25, -0.2) is 4.98 Å². The second-order valence-electron chi connectivity index (χ2n) is 5.69. The summed E-state index contributed by atoms with van der Waals surface area (Å²) in [4.78, 5) is 20.3. The van der Waals surface area contributed by atoms with Gasteiger partial charge in [0.2, 0.25) is 0 Å². The summed E-state index contributed by atoms with van der Waals surface area (Å²) >= 11 is 1.51. The number of fused-ring (bicyclic) bond motifs is 1. The Hall–Kier alpha value is -3.23. The number of rotatable bonds is 2. The van der Waals surface area contributed by atoms with Crippen LogP contribution in [0.1, 0.15) is 10.6 Å². The highest BCUT2D eigenvalue weighted by molar-refractivity contribution is 7.09. The first-order valence-electron chi connectivity index (χ1n) is 7.75. The van der Waals surface area contributed by atoms with Gasteiger partial charge in [0.15, 0.2) is 0 Å². The van der Waals surface area contributed by atoms with Gasteiger partial charge < -0.3 is 4.98 Å². The van der Waals surface area contributed by atoms with Gasteiger partial charge in [0, 0.05) is 21.8 Å². The lowest BCUT2D eigenvalue weighted by molar-refractivity contribution is 1.25. The van der Waals surface area contributed by atoms with Crippen LogP contribution in [-0.2, 0) is 0 Å². The van der Waals surface area contributed by atoms with Crippen molar-refractivity contribution in [3.63, 3.8) is 0 Å². The van der Waals surface area contributed by atoms with E-state index in [1.165, 1.54) is 11.3 Å². The van der Waals surface area contributed by atoms with Gasteiger partial charge in [-0.3, -0.25) is 4.79 Å². The van der Waals surface area contributed by atoms with Crippen LogP contribution < -0.4 is 5.56 Å². The Balaban J connectivity index is 2.19. The molecule has 2 aromatic carbocycles. The minimum absolute atomic E-state index is 0.179. The average Bonchev–Trinajstić information content (AvgIpc) is 3.06. The van der Waals surface area contributed by atoms with Gasteiger partial charge >= 0.3 is 0 Å². The fraction of sp³-hybridized carbons (Fsp3) is 0.0500. The summed E-state index contributed by atoms with van der Waals surface area (Å²) in [5.41, 5.74) is 4.01. The number of thiazole rings is 1. The lowest BCUT2D eigenvalue weighted by atomic mass is 9.94. The predicted octanol–water partition coefficient (Wildman–Crippen LogP) is 4.50. The SMILES string of the molecule is Cc1nc(-c2c(-c3ccccc3)c3cc(C#N)ccc3[nH]c2=O)cs1. The number of aromatic amines is 1. The molecule has 1 N–H and O–H groups in total. The van der Waals surface area contributed by atoms with Crippen LogP contribution in [-0.4, -0.2) is 9.97 Å². The van der Waals surface area contributed by atoms with E-state index >= 15 is 0 Å². The van der Waals surface area contributed by atoms with Crippen LogP contribution in [0.3, 0.4) is 0 Å². The van der Waals surface area contributed by atoms with Gasteiger partial charge in [-0.15, -0.1) is 11.3 Å². The Kier molecular flexibility index (Phi) is 3.68. The summed E-state index contributed by atoms with van der Waals surface area (Å²) in [6, 6.07) is 17.2. The van der Waals surface area contributed by atoms with Crippen molar-refractivity contribution in [1.29, 1.82) is 5.26 Å². The smallest absolute Gasteiger partial charge is 0.258 e. The minimum atomic E-state index is -0.179. The molecule has 4 aromatic rings. The molecule has 0 bridgehead atoms. The third kappa shape index (κ3) is 2.63. The molecule has 4 rings (SSSR count). The van der Waals surface area contributed by atoms with Gasteiger partial charge in [-0.2, -0.15) is 5.26 Å². The number of H-pyrrole nitrogens is 1. The van der Waals surface area contributed by atoms with Crippen molar-refractivity contribution in [2.24, 2.45) is 0 Å². The average molecular weight is 343 g/mol. The first kappa shape index (κ1) is 15.3. The summed E-state index contributed by atoms with van der Waals surface area (Å²) in [5, 5.41) is 12.9. The van der Waals surface area contributed by atoms with Gasteiger partial charge in [-0.1, -0.05) is 30.3 Å². The van der Waals surface area contributed by atoms with E-state index < -0.39 is 0 Å². The fourth-order valence-corrected chi connectivity index (χ4v) is 3.59. The highest BCUT2D eigenvalue weighted by atomic mass is 32.1. The quantitative estimate of drug-likeness (QED) is 0.582. The molecule has 0 atom stereocenters. The maximum Gasteiger partial charge on any atom is 0.258 e. The number of aryl methyl sites for hydroxylation is 1. The molecule has 0 fully saturated rings. The Bertz CT molecular complexity index is 1180. The Morgan fingerprint density at radius 3 is 2.60 bits per heavy atom. The molecule has 25 heavy (non-hydrogen) atoms. The van der Waals surface area contributed by atoms with Gasteiger partial charge in [0.05, 0.1) is 27.9 Å². The molecule has 0 radical (unpaired) electrons. The molecule has 0 aliphatic carbocycles. The number of nitrogens with zero attached hydrogens (tertiary/aromatic N) is 2. The van der Waals surface area contributed by atoms with Crippen LogP contribution in [0.15, 0.2) is 58.7 Å². The van der Waals surface area contributed by atoms with E-state index in [4.69, 9.17) is 0 Å². The van der Waals surface area contributed by atoms with E-state index in [2.05, 4.69) is 16.0 Å². The largest absolute Gasteiger partial charge is 0.321 e. The first-order valence-corrected chi connectivity index (χ1v) is 8.63. The third-order valence-electron chi connectivity index (χ3n) is 4.08. The Morgan fingerprint density at radius 2 is 1.92 bits per heavy atom. The van der Waals surface area contributed by atoms with Gasteiger partial charge in [-0.05, 0) is 30.7 Å². The second kappa shape index (κ2) is 6.00. The number of aromatic nitrogens is 2. The van der Waals surface area contributed by atoms with Crippen LogP contribution in [0.2, 0.25) is 0 Å². The summed E-state index contributed by atoms with van der Waals surface area (Å²) in [6.07, 6.45) is 0. The first-order chi connectivity index (χ1) is 12.2.